The van der Waals surface area contributed by atoms with Crippen molar-refractivity contribution >= 4 is 31.9 Å². The van der Waals surface area contributed by atoms with Crippen LogP contribution in [0.5, 0.6) is 0 Å². The highest BCUT2D eigenvalue weighted by Crippen LogP contribution is 2.13. The molecule has 0 fully saturated rings. The molecule has 110 valence electrons. The number of hydrogen-bond donors (Lipinski definition) is 2. The van der Waals surface area contributed by atoms with E-state index in [1.54, 1.807) is 24.3 Å². The highest BCUT2D eigenvalue weighted by molar-refractivity contribution is 9.10. The first-order chi connectivity index (χ1) is 9.92. The summed E-state index contributed by atoms with van der Waals surface area (Å²) in [5, 5.41) is 0. The van der Waals surface area contributed by atoms with Gasteiger partial charge in [0.1, 0.15) is 0 Å². The second-order valence-electron chi connectivity index (χ2n) is 4.29. The first-order valence-corrected chi connectivity index (χ1v) is 8.32. The second-order valence-corrected chi connectivity index (χ2v) is 6.89. The van der Waals surface area contributed by atoms with Crippen LogP contribution in [0.25, 0.3) is 0 Å². The van der Waals surface area contributed by atoms with Crippen LogP contribution in [0.1, 0.15) is 15.9 Å². The van der Waals surface area contributed by atoms with Crippen LogP contribution in [0, 0.1) is 0 Å². The Kier molecular flexibility index (Phi) is 4.76. The molecule has 0 spiro atoms. The lowest BCUT2D eigenvalue weighted by Crippen LogP contribution is -2.30. The Hall–Kier alpha value is -1.70. The zero-order valence-electron chi connectivity index (χ0n) is 10.9. The number of rotatable bonds is 4. The van der Waals surface area contributed by atoms with Gasteiger partial charge in [-0.3, -0.25) is 4.79 Å². The lowest BCUT2D eigenvalue weighted by Gasteiger charge is -2.07. The summed E-state index contributed by atoms with van der Waals surface area (Å²) in [6, 6.07) is 12.4. The van der Waals surface area contributed by atoms with Crippen LogP contribution >= 0.6 is 15.9 Å². The van der Waals surface area contributed by atoms with Gasteiger partial charge in [-0.25, -0.2) is 13.1 Å². The molecule has 2 aromatic carbocycles. The number of benzene rings is 2. The van der Waals surface area contributed by atoms with Gasteiger partial charge in [-0.15, -0.1) is 0 Å². The van der Waals surface area contributed by atoms with Crippen molar-refractivity contribution in [2.75, 3.05) is 0 Å². The largest absolute Gasteiger partial charge is 0.326 e. The van der Waals surface area contributed by atoms with Crippen LogP contribution in [0.4, 0.5) is 0 Å². The highest BCUT2D eigenvalue weighted by atomic mass is 79.9. The standard InChI is InChI=1S/C14H13BrN2O3S/c15-12-5-3-11(4-6-12)14(18)17-21(19,20)13-7-1-10(9-16)2-8-13/h1-8H,9,16H2,(H,17,18). The number of nitrogens with one attached hydrogen (secondary N) is 1. The van der Waals surface area contributed by atoms with Gasteiger partial charge in [0.15, 0.2) is 0 Å². The summed E-state index contributed by atoms with van der Waals surface area (Å²) in [6.45, 7) is 0.325. The van der Waals surface area contributed by atoms with Gasteiger partial charge in [-0.2, -0.15) is 0 Å². The summed E-state index contributed by atoms with van der Waals surface area (Å²) in [4.78, 5) is 12.0. The van der Waals surface area contributed by atoms with E-state index in [0.717, 1.165) is 10.0 Å². The van der Waals surface area contributed by atoms with Crippen molar-refractivity contribution < 1.29 is 13.2 Å². The third-order valence-corrected chi connectivity index (χ3v) is 4.68. The van der Waals surface area contributed by atoms with Crippen LogP contribution in [0.2, 0.25) is 0 Å². The van der Waals surface area contributed by atoms with Gasteiger partial charge >= 0.3 is 0 Å². The number of hydrogen-bond acceptors (Lipinski definition) is 4. The molecular weight excluding hydrogens is 356 g/mol. The van der Waals surface area contributed by atoms with Gasteiger partial charge in [0.2, 0.25) is 0 Å². The molecule has 0 heterocycles. The average molecular weight is 369 g/mol. The van der Waals surface area contributed by atoms with E-state index in [9.17, 15) is 13.2 Å². The zero-order chi connectivity index (χ0) is 15.5. The van der Waals surface area contributed by atoms with Crippen LogP contribution in [0.15, 0.2) is 57.9 Å². The molecule has 0 radical (unpaired) electrons. The summed E-state index contributed by atoms with van der Waals surface area (Å²) in [5.74, 6) is -0.676. The van der Waals surface area contributed by atoms with Crippen molar-refractivity contribution in [1.82, 2.24) is 4.72 Å². The topological polar surface area (TPSA) is 89.3 Å². The van der Waals surface area contributed by atoms with E-state index in [-0.39, 0.29) is 10.5 Å². The van der Waals surface area contributed by atoms with E-state index < -0.39 is 15.9 Å². The smallest absolute Gasteiger partial charge is 0.264 e. The molecule has 5 nitrogen and oxygen atoms in total. The van der Waals surface area contributed by atoms with Crippen LogP contribution in [-0.4, -0.2) is 14.3 Å². The van der Waals surface area contributed by atoms with Crippen LogP contribution in [0.3, 0.4) is 0 Å². The Labute approximate surface area is 131 Å². The Bertz CT molecular complexity index is 741. The van der Waals surface area contributed by atoms with Crippen molar-refractivity contribution in [3.8, 4) is 0 Å². The summed E-state index contributed by atoms with van der Waals surface area (Å²) in [6.07, 6.45) is 0. The minimum absolute atomic E-state index is 0.0187. The molecule has 3 N–H and O–H groups in total. The van der Waals surface area contributed by atoms with E-state index >= 15 is 0 Å². The molecule has 0 saturated carbocycles. The second kappa shape index (κ2) is 6.38. The van der Waals surface area contributed by atoms with Crippen molar-refractivity contribution in [3.05, 3.63) is 64.1 Å². The number of nitrogens with two attached hydrogens (primary N) is 1. The molecule has 0 unspecified atom stereocenters. The normalized spacial score (nSPS) is 11.1. The molecule has 0 aliphatic heterocycles. The van der Waals surface area contributed by atoms with Crippen molar-refractivity contribution in [3.63, 3.8) is 0 Å². The number of halogens is 1. The molecular formula is C14H13BrN2O3S. The Balaban J connectivity index is 2.20. The van der Waals surface area contributed by atoms with Gasteiger partial charge in [-0.05, 0) is 42.0 Å². The first kappa shape index (κ1) is 15.7. The van der Waals surface area contributed by atoms with Crippen LogP contribution in [-0.2, 0) is 16.6 Å². The fourth-order valence-electron chi connectivity index (χ4n) is 1.65. The predicted molar refractivity (Wildman–Crippen MR) is 83.1 cm³/mol. The fraction of sp³-hybridized carbons (Fsp3) is 0.0714. The van der Waals surface area contributed by atoms with E-state index in [1.165, 1.54) is 24.3 Å². The number of sulfonamides is 1. The summed E-state index contributed by atoms with van der Waals surface area (Å²) in [5.41, 5.74) is 6.53. The molecule has 0 atom stereocenters. The van der Waals surface area contributed by atoms with E-state index in [4.69, 9.17) is 5.73 Å². The average Bonchev–Trinajstić information content (AvgIpc) is 2.47. The number of carbonyl (C=O) groups excluding carboxylic acids is 1. The van der Waals surface area contributed by atoms with Gasteiger partial charge in [0, 0.05) is 16.6 Å². The third-order valence-electron chi connectivity index (χ3n) is 2.80. The van der Waals surface area contributed by atoms with Crippen LogP contribution < -0.4 is 10.5 Å². The predicted octanol–water partition coefficient (Wildman–Crippen LogP) is 2.03. The first-order valence-electron chi connectivity index (χ1n) is 6.04. The number of amides is 1. The molecule has 0 aliphatic carbocycles. The van der Waals surface area contributed by atoms with E-state index in [1.807, 2.05) is 4.72 Å². The minimum atomic E-state index is -3.89. The van der Waals surface area contributed by atoms with E-state index in [2.05, 4.69) is 15.9 Å². The van der Waals surface area contributed by atoms with Crippen molar-refractivity contribution in [2.24, 2.45) is 5.73 Å². The maximum absolute atomic E-state index is 12.1. The van der Waals surface area contributed by atoms with Crippen molar-refractivity contribution in [2.45, 2.75) is 11.4 Å². The van der Waals surface area contributed by atoms with Crippen molar-refractivity contribution in [1.29, 1.82) is 0 Å². The summed E-state index contributed by atoms with van der Waals surface area (Å²) in [7, 11) is -3.89. The van der Waals surface area contributed by atoms with Gasteiger partial charge in [-0.1, -0.05) is 28.1 Å². The minimum Gasteiger partial charge on any atom is -0.326 e. The molecule has 0 bridgehead atoms. The quantitative estimate of drug-likeness (QED) is 0.863. The third kappa shape index (κ3) is 3.90. The molecule has 2 rings (SSSR count). The monoisotopic (exact) mass is 368 g/mol. The zero-order valence-corrected chi connectivity index (χ0v) is 13.3. The summed E-state index contributed by atoms with van der Waals surface area (Å²) < 4.78 is 27.1. The summed E-state index contributed by atoms with van der Waals surface area (Å²) >= 11 is 3.25. The Morgan fingerprint density at radius 2 is 1.62 bits per heavy atom. The lowest BCUT2D eigenvalue weighted by molar-refractivity contribution is 0.0981. The molecule has 0 aromatic heterocycles. The SMILES string of the molecule is NCc1ccc(S(=O)(=O)NC(=O)c2ccc(Br)cc2)cc1. The maximum atomic E-state index is 12.1. The molecule has 0 aliphatic rings. The van der Waals surface area contributed by atoms with Gasteiger partial charge < -0.3 is 5.73 Å². The molecule has 0 saturated heterocycles. The van der Waals surface area contributed by atoms with Gasteiger partial charge in [0.25, 0.3) is 15.9 Å². The maximum Gasteiger partial charge on any atom is 0.264 e. The fourth-order valence-corrected chi connectivity index (χ4v) is 2.88. The molecule has 7 heteroatoms. The highest BCUT2D eigenvalue weighted by Gasteiger charge is 2.18. The molecule has 21 heavy (non-hydrogen) atoms. The molecule has 2 aromatic rings. The number of carbonyl (C=O) groups is 1. The Morgan fingerprint density at radius 3 is 2.14 bits per heavy atom. The van der Waals surface area contributed by atoms with E-state index in [0.29, 0.717) is 6.54 Å². The van der Waals surface area contributed by atoms with Gasteiger partial charge in [0.05, 0.1) is 4.90 Å². The lowest BCUT2D eigenvalue weighted by atomic mass is 10.2. The Morgan fingerprint density at radius 1 is 1.05 bits per heavy atom. The molecule has 1 amide bonds.